The average Bonchev–Trinajstić information content (AvgIpc) is 3.18. The highest BCUT2D eigenvalue weighted by atomic mass is 16.5. The molecule has 8 heteroatoms. The summed E-state index contributed by atoms with van der Waals surface area (Å²) < 4.78 is 6.64. The minimum absolute atomic E-state index is 0.0122. The fourth-order valence-electron chi connectivity index (χ4n) is 6.45. The molecular formula is C28H35N3O5. The number of hydrogen-bond acceptors (Lipinski definition) is 5. The van der Waals surface area contributed by atoms with Crippen LogP contribution >= 0.6 is 0 Å². The number of amides is 3. The molecule has 1 aromatic rings. The molecule has 6 atom stereocenters. The van der Waals surface area contributed by atoms with Crippen molar-refractivity contribution in [3.05, 3.63) is 54.6 Å². The van der Waals surface area contributed by atoms with Gasteiger partial charge in [0.15, 0.2) is 0 Å². The quantitative estimate of drug-likeness (QED) is 0.588. The van der Waals surface area contributed by atoms with Crippen LogP contribution in [0.3, 0.4) is 0 Å². The first-order chi connectivity index (χ1) is 17.4. The van der Waals surface area contributed by atoms with Crippen LogP contribution in [-0.2, 0) is 19.1 Å². The van der Waals surface area contributed by atoms with E-state index in [-0.39, 0.29) is 36.9 Å². The number of carbonyl (C=O) groups is 3. The summed E-state index contributed by atoms with van der Waals surface area (Å²) in [4.78, 5) is 47.2. The molecule has 0 saturated carbocycles. The molecule has 2 fully saturated rings. The summed E-state index contributed by atoms with van der Waals surface area (Å²) in [6.45, 7) is 5.09. The van der Waals surface area contributed by atoms with Gasteiger partial charge in [-0.25, -0.2) is 0 Å². The monoisotopic (exact) mass is 493 g/mol. The summed E-state index contributed by atoms with van der Waals surface area (Å²) in [5.41, 5.74) is -0.459. The molecular weight excluding hydrogens is 458 g/mol. The highest BCUT2D eigenvalue weighted by Crippen LogP contribution is 2.53. The van der Waals surface area contributed by atoms with Gasteiger partial charge in [-0.2, -0.15) is 0 Å². The predicted octanol–water partition coefficient (Wildman–Crippen LogP) is 2.14. The number of aliphatic hydroxyl groups is 1. The van der Waals surface area contributed by atoms with Gasteiger partial charge >= 0.3 is 0 Å². The van der Waals surface area contributed by atoms with E-state index in [0.717, 1.165) is 18.5 Å². The first-order valence-corrected chi connectivity index (χ1v) is 13.0. The van der Waals surface area contributed by atoms with Crippen LogP contribution in [-0.4, -0.2) is 82.7 Å². The second-order valence-corrected chi connectivity index (χ2v) is 10.2. The zero-order valence-electron chi connectivity index (χ0n) is 21.0. The molecule has 4 heterocycles. The van der Waals surface area contributed by atoms with Crippen LogP contribution in [0.1, 0.15) is 33.1 Å². The normalized spacial score (nSPS) is 32.3. The predicted molar refractivity (Wildman–Crippen MR) is 135 cm³/mol. The van der Waals surface area contributed by atoms with Crippen LogP contribution in [0.15, 0.2) is 54.6 Å². The highest BCUT2D eigenvalue weighted by Gasteiger charge is 2.71. The average molecular weight is 494 g/mol. The molecule has 192 valence electrons. The Labute approximate surface area is 212 Å². The lowest BCUT2D eigenvalue weighted by molar-refractivity contribution is -0.148. The third kappa shape index (κ3) is 3.78. The maximum Gasteiger partial charge on any atom is 0.249 e. The summed E-state index contributed by atoms with van der Waals surface area (Å²) in [6.07, 6.45) is 9.13. The van der Waals surface area contributed by atoms with Gasteiger partial charge in [0.2, 0.25) is 17.7 Å². The number of fused-ring (bicyclic) bond motifs is 2. The molecule has 5 rings (SSSR count). The van der Waals surface area contributed by atoms with Gasteiger partial charge in [-0.05, 0) is 31.9 Å². The zero-order valence-corrected chi connectivity index (χ0v) is 21.0. The van der Waals surface area contributed by atoms with Crippen molar-refractivity contribution in [2.45, 2.75) is 56.9 Å². The van der Waals surface area contributed by atoms with Gasteiger partial charge in [0.05, 0.1) is 17.9 Å². The SMILES string of the molecule is CCCC(C)N1CC=C[C@]23O[C@@H]4C=CCN(c5ccccc5)C(=O)[C@@H]4[C@H]2C(=O)N(CCCO)C3C1=O. The molecule has 36 heavy (non-hydrogen) atoms. The minimum atomic E-state index is -1.22. The maximum atomic E-state index is 14.1. The molecule has 4 aliphatic rings. The van der Waals surface area contributed by atoms with E-state index in [1.54, 1.807) is 9.80 Å². The van der Waals surface area contributed by atoms with Crippen molar-refractivity contribution in [3.8, 4) is 0 Å². The Hall–Kier alpha value is -2.97. The van der Waals surface area contributed by atoms with Gasteiger partial charge in [0, 0.05) is 38.0 Å². The van der Waals surface area contributed by atoms with E-state index in [1.165, 1.54) is 0 Å². The molecule has 8 nitrogen and oxygen atoms in total. The number of aliphatic hydroxyl groups excluding tert-OH is 1. The molecule has 0 radical (unpaired) electrons. The largest absolute Gasteiger partial charge is 0.396 e. The Bertz CT molecular complexity index is 1070. The standard InChI is InChI=1S/C28H35N3O5/c1-3-10-19(2)29-16-8-14-28-23(26(34)31(17-9-18-32)24(28)27(29)35)22-21(36-28)13-7-15-30(25(22)33)20-11-5-4-6-12-20/h4-8,11-14,19,21-24,32H,3,9-10,15-18H2,1-2H3/t19?,21-,22+,23+,24?,28+/m1/s1. The van der Waals surface area contributed by atoms with Gasteiger partial charge in [0.25, 0.3) is 0 Å². The molecule has 4 aliphatic heterocycles. The number of anilines is 1. The van der Waals surface area contributed by atoms with E-state index < -0.39 is 29.6 Å². The van der Waals surface area contributed by atoms with Crippen molar-refractivity contribution in [1.29, 1.82) is 0 Å². The summed E-state index contributed by atoms with van der Waals surface area (Å²) >= 11 is 0. The number of ether oxygens (including phenoxy) is 1. The molecule has 3 amide bonds. The molecule has 0 bridgehead atoms. The van der Waals surface area contributed by atoms with E-state index in [4.69, 9.17) is 4.74 Å². The molecule has 0 aromatic heterocycles. The Kier molecular flexibility index (Phi) is 6.74. The highest BCUT2D eigenvalue weighted by molar-refractivity contribution is 6.03. The van der Waals surface area contributed by atoms with Gasteiger partial charge in [-0.3, -0.25) is 14.4 Å². The molecule has 1 spiro atoms. The van der Waals surface area contributed by atoms with Crippen molar-refractivity contribution >= 4 is 23.4 Å². The molecule has 0 aliphatic carbocycles. The molecule has 1 N–H and O–H groups in total. The topological polar surface area (TPSA) is 90.4 Å². The zero-order chi connectivity index (χ0) is 25.4. The maximum absolute atomic E-state index is 14.1. The first-order valence-electron chi connectivity index (χ1n) is 13.0. The van der Waals surface area contributed by atoms with Crippen LogP contribution in [0, 0.1) is 11.8 Å². The Morgan fingerprint density at radius 3 is 2.58 bits per heavy atom. The number of nitrogens with zero attached hydrogens (tertiary/aromatic N) is 3. The van der Waals surface area contributed by atoms with Crippen molar-refractivity contribution in [2.75, 3.05) is 31.1 Å². The van der Waals surface area contributed by atoms with Crippen LogP contribution in [0.25, 0.3) is 0 Å². The van der Waals surface area contributed by atoms with E-state index in [2.05, 4.69) is 6.92 Å². The van der Waals surface area contributed by atoms with Crippen molar-refractivity contribution in [1.82, 2.24) is 9.80 Å². The number of hydrogen-bond donors (Lipinski definition) is 1. The minimum Gasteiger partial charge on any atom is -0.396 e. The van der Waals surface area contributed by atoms with Crippen molar-refractivity contribution in [2.24, 2.45) is 11.8 Å². The first kappa shape index (κ1) is 24.7. The third-order valence-electron chi connectivity index (χ3n) is 8.05. The summed E-state index contributed by atoms with van der Waals surface area (Å²) in [5, 5.41) is 9.52. The molecule has 1 aromatic carbocycles. The summed E-state index contributed by atoms with van der Waals surface area (Å²) in [5.74, 6) is -2.12. The third-order valence-corrected chi connectivity index (χ3v) is 8.05. The van der Waals surface area contributed by atoms with Crippen LogP contribution in [0.5, 0.6) is 0 Å². The van der Waals surface area contributed by atoms with Crippen LogP contribution in [0.2, 0.25) is 0 Å². The van der Waals surface area contributed by atoms with Gasteiger partial charge < -0.3 is 24.5 Å². The smallest absolute Gasteiger partial charge is 0.249 e. The number of rotatable bonds is 7. The van der Waals surface area contributed by atoms with Crippen molar-refractivity contribution < 1.29 is 24.2 Å². The second-order valence-electron chi connectivity index (χ2n) is 10.2. The van der Waals surface area contributed by atoms with E-state index in [9.17, 15) is 19.5 Å². The number of para-hydroxylation sites is 1. The van der Waals surface area contributed by atoms with E-state index in [0.29, 0.717) is 19.5 Å². The lowest BCUT2D eigenvalue weighted by atomic mass is 9.77. The Balaban J connectivity index is 1.57. The lowest BCUT2D eigenvalue weighted by Crippen LogP contribution is -2.56. The van der Waals surface area contributed by atoms with Crippen molar-refractivity contribution in [3.63, 3.8) is 0 Å². The molecule has 2 saturated heterocycles. The van der Waals surface area contributed by atoms with E-state index in [1.807, 2.05) is 66.5 Å². The Morgan fingerprint density at radius 2 is 1.86 bits per heavy atom. The second kappa shape index (κ2) is 9.82. The van der Waals surface area contributed by atoms with Gasteiger partial charge in [0.1, 0.15) is 11.6 Å². The van der Waals surface area contributed by atoms with Crippen LogP contribution < -0.4 is 4.90 Å². The van der Waals surface area contributed by atoms with Gasteiger partial charge in [-0.15, -0.1) is 0 Å². The number of benzene rings is 1. The fraction of sp³-hybridized carbons (Fsp3) is 0.536. The summed E-state index contributed by atoms with van der Waals surface area (Å²) in [7, 11) is 0. The van der Waals surface area contributed by atoms with Gasteiger partial charge in [-0.1, -0.05) is 55.8 Å². The lowest BCUT2D eigenvalue weighted by Gasteiger charge is -2.37. The number of carbonyl (C=O) groups excluding carboxylic acids is 3. The fourth-order valence-corrected chi connectivity index (χ4v) is 6.45. The van der Waals surface area contributed by atoms with E-state index >= 15 is 0 Å². The molecule has 2 unspecified atom stereocenters. The summed E-state index contributed by atoms with van der Waals surface area (Å²) in [6, 6.07) is 8.58. The Morgan fingerprint density at radius 1 is 1.08 bits per heavy atom. The number of likely N-dealkylation sites (tertiary alicyclic amines) is 1. The van der Waals surface area contributed by atoms with Crippen LogP contribution in [0.4, 0.5) is 5.69 Å².